The second-order valence-electron chi connectivity index (χ2n) is 7.08. The predicted octanol–water partition coefficient (Wildman–Crippen LogP) is 4.36. The number of rotatable bonds is 4. The van der Waals surface area contributed by atoms with Gasteiger partial charge in [-0.2, -0.15) is 5.10 Å². The van der Waals surface area contributed by atoms with Crippen LogP contribution in [0.1, 0.15) is 18.4 Å². The van der Waals surface area contributed by atoms with E-state index in [1.54, 1.807) is 7.11 Å². The third-order valence-corrected chi connectivity index (χ3v) is 5.10. The lowest BCUT2D eigenvalue weighted by molar-refractivity contribution is 0.412. The van der Waals surface area contributed by atoms with Crippen LogP contribution in [-0.2, 0) is 6.42 Å². The lowest BCUT2D eigenvalue weighted by atomic mass is 10.0. The van der Waals surface area contributed by atoms with E-state index >= 15 is 0 Å². The Labute approximate surface area is 160 Å². The highest BCUT2D eigenvalue weighted by Crippen LogP contribution is 2.36. The minimum atomic E-state index is 0.823. The van der Waals surface area contributed by atoms with Crippen molar-refractivity contribution in [1.29, 1.82) is 0 Å². The first kappa shape index (κ1) is 17.5. The van der Waals surface area contributed by atoms with E-state index in [-0.39, 0.29) is 0 Å². The van der Waals surface area contributed by atoms with E-state index in [1.165, 1.54) is 24.1 Å². The van der Waals surface area contributed by atoms with Gasteiger partial charge in [0.05, 0.1) is 12.8 Å². The Balaban J connectivity index is 1.87. The zero-order valence-corrected chi connectivity index (χ0v) is 16.2. The molecular weight excluding hydrogens is 336 g/mol. The zero-order chi connectivity index (χ0) is 18.8. The molecule has 0 saturated heterocycles. The summed E-state index contributed by atoms with van der Waals surface area (Å²) in [6, 6.07) is 16.7. The number of aromatic nitrogens is 2. The van der Waals surface area contributed by atoms with Gasteiger partial charge in [0.15, 0.2) is 0 Å². The van der Waals surface area contributed by atoms with Crippen LogP contribution >= 0.6 is 0 Å². The molecule has 1 aliphatic heterocycles. The molecule has 0 fully saturated rings. The number of fused-ring (bicyclic) bond motifs is 1. The van der Waals surface area contributed by atoms with Gasteiger partial charge in [0.2, 0.25) is 0 Å². The van der Waals surface area contributed by atoms with Gasteiger partial charge < -0.3 is 15.0 Å². The van der Waals surface area contributed by atoms with E-state index in [2.05, 4.69) is 54.6 Å². The van der Waals surface area contributed by atoms with Crippen molar-refractivity contribution in [3.05, 3.63) is 54.1 Å². The van der Waals surface area contributed by atoms with E-state index < -0.39 is 0 Å². The number of para-hydroxylation sites is 2. The lowest BCUT2D eigenvalue weighted by Crippen LogP contribution is -2.08. The number of nitrogens with one attached hydrogen (secondary N) is 1. The molecule has 2 heterocycles. The highest BCUT2D eigenvalue weighted by atomic mass is 16.5. The fourth-order valence-electron chi connectivity index (χ4n) is 3.63. The van der Waals surface area contributed by atoms with Crippen LogP contribution in [0, 0.1) is 0 Å². The Morgan fingerprint density at radius 3 is 2.56 bits per heavy atom. The fourth-order valence-corrected chi connectivity index (χ4v) is 3.63. The van der Waals surface area contributed by atoms with Crippen molar-refractivity contribution in [3.8, 4) is 22.7 Å². The summed E-state index contributed by atoms with van der Waals surface area (Å²) >= 11 is 0. The van der Waals surface area contributed by atoms with E-state index in [1.807, 2.05) is 22.9 Å². The molecule has 0 radical (unpaired) electrons. The molecule has 1 aliphatic rings. The number of nitrogens with zero attached hydrogens (tertiary/aromatic N) is 3. The average molecular weight is 362 g/mol. The molecule has 4 rings (SSSR count). The smallest absolute Gasteiger partial charge is 0.144 e. The highest BCUT2D eigenvalue weighted by molar-refractivity contribution is 5.73. The van der Waals surface area contributed by atoms with E-state index in [4.69, 9.17) is 9.84 Å². The van der Waals surface area contributed by atoms with Crippen molar-refractivity contribution in [1.82, 2.24) is 9.78 Å². The summed E-state index contributed by atoms with van der Waals surface area (Å²) in [5.41, 5.74) is 5.63. The molecule has 0 amide bonds. The molecule has 27 heavy (non-hydrogen) atoms. The number of ether oxygens (including phenoxy) is 1. The zero-order valence-electron chi connectivity index (χ0n) is 16.2. The molecule has 0 unspecified atom stereocenters. The topological polar surface area (TPSA) is 42.3 Å². The Morgan fingerprint density at radius 2 is 1.81 bits per heavy atom. The van der Waals surface area contributed by atoms with E-state index in [0.717, 1.165) is 41.5 Å². The van der Waals surface area contributed by atoms with Gasteiger partial charge >= 0.3 is 0 Å². The Hall–Kier alpha value is -2.95. The van der Waals surface area contributed by atoms with Crippen molar-refractivity contribution >= 4 is 11.5 Å². The van der Waals surface area contributed by atoms with Crippen molar-refractivity contribution in [2.45, 2.75) is 19.3 Å². The summed E-state index contributed by atoms with van der Waals surface area (Å²) in [7, 11) is 5.82. The molecule has 1 aromatic heterocycles. The first-order chi connectivity index (χ1) is 13.2. The molecule has 140 valence electrons. The quantitative estimate of drug-likeness (QED) is 0.749. The van der Waals surface area contributed by atoms with Crippen molar-refractivity contribution in [3.63, 3.8) is 0 Å². The van der Waals surface area contributed by atoms with Crippen molar-refractivity contribution in [2.75, 3.05) is 38.0 Å². The van der Waals surface area contributed by atoms with Gasteiger partial charge in [0, 0.05) is 37.5 Å². The maximum absolute atomic E-state index is 5.58. The second kappa shape index (κ2) is 7.35. The molecule has 0 spiro atoms. The van der Waals surface area contributed by atoms with Crippen LogP contribution < -0.4 is 15.0 Å². The third kappa shape index (κ3) is 3.25. The molecule has 5 heteroatoms. The Bertz CT molecular complexity index is 928. The number of hydrogen-bond acceptors (Lipinski definition) is 4. The van der Waals surface area contributed by atoms with Crippen molar-refractivity contribution in [2.24, 2.45) is 0 Å². The van der Waals surface area contributed by atoms with Crippen LogP contribution in [0.25, 0.3) is 16.9 Å². The molecule has 2 aromatic carbocycles. The first-order valence-corrected chi connectivity index (χ1v) is 9.46. The van der Waals surface area contributed by atoms with Gasteiger partial charge in [0.25, 0.3) is 0 Å². The lowest BCUT2D eigenvalue weighted by Gasteiger charge is -2.12. The van der Waals surface area contributed by atoms with Gasteiger partial charge in [-0.15, -0.1) is 0 Å². The third-order valence-electron chi connectivity index (χ3n) is 5.10. The predicted molar refractivity (Wildman–Crippen MR) is 111 cm³/mol. The summed E-state index contributed by atoms with van der Waals surface area (Å²) in [5.74, 6) is 1.91. The van der Waals surface area contributed by atoms with Crippen LogP contribution in [0.2, 0.25) is 0 Å². The van der Waals surface area contributed by atoms with Crippen LogP contribution in [0.4, 0.5) is 11.5 Å². The SMILES string of the molecule is COc1ccccc1-n1nc(-c2ccc(N(C)C)cc2)c2c1NCCCC2. The average Bonchev–Trinajstić information content (AvgIpc) is 2.88. The molecule has 3 aromatic rings. The standard InChI is InChI=1S/C22H26N4O/c1-25(2)17-13-11-16(12-14-17)21-18-8-6-7-15-23-22(18)26(24-21)19-9-4-5-10-20(19)27-3/h4-5,9-14,23H,6-8,15H2,1-3H3. The summed E-state index contributed by atoms with van der Waals surface area (Å²) in [6.07, 6.45) is 3.36. The van der Waals surface area contributed by atoms with E-state index in [0.29, 0.717) is 0 Å². The maximum Gasteiger partial charge on any atom is 0.144 e. The largest absolute Gasteiger partial charge is 0.494 e. The van der Waals surface area contributed by atoms with Crippen LogP contribution in [0.5, 0.6) is 5.75 Å². The van der Waals surface area contributed by atoms with Gasteiger partial charge in [-0.25, -0.2) is 4.68 Å². The highest BCUT2D eigenvalue weighted by Gasteiger charge is 2.23. The molecule has 0 atom stereocenters. The monoisotopic (exact) mass is 362 g/mol. The molecule has 5 nitrogen and oxygen atoms in total. The van der Waals surface area contributed by atoms with Gasteiger partial charge in [-0.05, 0) is 43.5 Å². The molecular formula is C22H26N4O. The van der Waals surface area contributed by atoms with Crippen LogP contribution in [-0.4, -0.2) is 37.5 Å². The van der Waals surface area contributed by atoms with Gasteiger partial charge in [0.1, 0.15) is 17.3 Å². The molecule has 1 N–H and O–H groups in total. The minimum Gasteiger partial charge on any atom is -0.494 e. The summed E-state index contributed by atoms with van der Waals surface area (Å²) in [4.78, 5) is 2.11. The molecule has 0 aliphatic carbocycles. The number of benzene rings is 2. The van der Waals surface area contributed by atoms with Crippen LogP contribution in [0.3, 0.4) is 0 Å². The normalized spacial score (nSPS) is 13.4. The van der Waals surface area contributed by atoms with Gasteiger partial charge in [-0.1, -0.05) is 24.3 Å². The Morgan fingerprint density at radius 1 is 1.04 bits per heavy atom. The second-order valence-corrected chi connectivity index (χ2v) is 7.08. The maximum atomic E-state index is 5.58. The van der Waals surface area contributed by atoms with Crippen molar-refractivity contribution < 1.29 is 4.74 Å². The van der Waals surface area contributed by atoms with Crippen LogP contribution in [0.15, 0.2) is 48.5 Å². The number of anilines is 2. The Kier molecular flexibility index (Phi) is 4.75. The number of methoxy groups -OCH3 is 1. The summed E-state index contributed by atoms with van der Waals surface area (Å²) in [6.45, 7) is 0.965. The summed E-state index contributed by atoms with van der Waals surface area (Å²) in [5, 5.41) is 8.62. The minimum absolute atomic E-state index is 0.823. The summed E-state index contributed by atoms with van der Waals surface area (Å²) < 4.78 is 7.59. The first-order valence-electron chi connectivity index (χ1n) is 9.46. The molecule has 0 saturated carbocycles. The fraction of sp³-hybridized carbons (Fsp3) is 0.318. The number of hydrogen-bond donors (Lipinski definition) is 1. The van der Waals surface area contributed by atoms with Gasteiger partial charge in [-0.3, -0.25) is 0 Å². The molecule has 0 bridgehead atoms. The van der Waals surface area contributed by atoms with E-state index in [9.17, 15) is 0 Å².